The number of hydrogen-bond donors (Lipinski definition) is 1. The maximum Gasteiger partial charge on any atom is 0.308 e. The van der Waals surface area contributed by atoms with Crippen molar-refractivity contribution in [1.29, 1.82) is 0 Å². The first-order chi connectivity index (χ1) is 7.04. The number of nitrogens with zero attached hydrogens (tertiary/aromatic N) is 2. The zero-order valence-corrected chi connectivity index (χ0v) is 9.37. The van der Waals surface area contributed by atoms with Crippen LogP contribution in [0.4, 0.5) is 5.95 Å². The van der Waals surface area contributed by atoms with E-state index in [-0.39, 0.29) is 11.9 Å². The molecule has 0 atom stereocenters. The summed E-state index contributed by atoms with van der Waals surface area (Å²) >= 11 is 0. The molecule has 1 heterocycles. The lowest BCUT2D eigenvalue weighted by Gasteiger charge is -2.11. The lowest BCUT2D eigenvalue weighted by atomic mass is 10.1. The Morgan fingerprint density at radius 3 is 2.67 bits per heavy atom. The Kier molecular flexibility index (Phi) is 3.60. The van der Waals surface area contributed by atoms with Crippen LogP contribution in [0.5, 0.6) is 5.75 Å². The van der Waals surface area contributed by atoms with Crippen LogP contribution in [0.1, 0.15) is 32.4 Å². The molecule has 0 spiro atoms. The van der Waals surface area contributed by atoms with Crippen molar-refractivity contribution >= 4 is 11.9 Å². The fourth-order valence-corrected chi connectivity index (χ4v) is 1.15. The van der Waals surface area contributed by atoms with E-state index in [2.05, 4.69) is 15.3 Å². The molecule has 5 nitrogen and oxygen atoms in total. The highest BCUT2D eigenvalue weighted by atomic mass is 16.5. The van der Waals surface area contributed by atoms with Gasteiger partial charge in [0.05, 0.1) is 11.9 Å². The lowest BCUT2D eigenvalue weighted by Crippen LogP contribution is -2.08. The van der Waals surface area contributed by atoms with E-state index >= 15 is 0 Å². The van der Waals surface area contributed by atoms with Crippen molar-refractivity contribution in [3.63, 3.8) is 0 Å². The number of hydrogen-bond acceptors (Lipinski definition) is 5. The van der Waals surface area contributed by atoms with Gasteiger partial charge in [-0.05, 0) is 5.92 Å². The summed E-state index contributed by atoms with van der Waals surface area (Å²) < 4.78 is 5.01. The monoisotopic (exact) mass is 209 g/mol. The minimum absolute atomic E-state index is 0.175. The van der Waals surface area contributed by atoms with E-state index in [1.807, 2.05) is 13.8 Å². The molecule has 1 N–H and O–H groups in total. The number of anilines is 1. The summed E-state index contributed by atoms with van der Waals surface area (Å²) in [5, 5.41) is 2.84. The third kappa shape index (κ3) is 2.90. The summed E-state index contributed by atoms with van der Waals surface area (Å²) in [5.41, 5.74) is 0.726. The third-order valence-corrected chi connectivity index (χ3v) is 1.81. The van der Waals surface area contributed by atoms with Gasteiger partial charge in [-0.15, -0.1) is 0 Å². The van der Waals surface area contributed by atoms with Gasteiger partial charge in [0.2, 0.25) is 5.95 Å². The van der Waals surface area contributed by atoms with E-state index in [0.717, 1.165) is 5.69 Å². The van der Waals surface area contributed by atoms with Crippen LogP contribution in [0.25, 0.3) is 0 Å². The van der Waals surface area contributed by atoms with Gasteiger partial charge < -0.3 is 10.1 Å². The molecule has 0 amide bonds. The van der Waals surface area contributed by atoms with Gasteiger partial charge in [0, 0.05) is 14.0 Å². The highest BCUT2D eigenvalue weighted by molar-refractivity contribution is 5.69. The second kappa shape index (κ2) is 4.72. The molecule has 0 saturated carbocycles. The van der Waals surface area contributed by atoms with Crippen LogP contribution < -0.4 is 10.1 Å². The van der Waals surface area contributed by atoms with E-state index in [1.165, 1.54) is 13.1 Å². The number of aromatic nitrogens is 2. The molecule has 0 fully saturated rings. The fraction of sp³-hybridized carbons (Fsp3) is 0.500. The molecule has 0 aliphatic rings. The number of ether oxygens (including phenoxy) is 1. The Morgan fingerprint density at radius 2 is 2.20 bits per heavy atom. The van der Waals surface area contributed by atoms with Crippen LogP contribution >= 0.6 is 0 Å². The normalized spacial score (nSPS) is 10.2. The molecule has 0 aliphatic heterocycles. The van der Waals surface area contributed by atoms with Crippen LogP contribution in [0, 0.1) is 0 Å². The summed E-state index contributed by atoms with van der Waals surface area (Å²) in [4.78, 5) is 19.1. The zero-order chi connectivity index (χ0) is 11.4. The highest BCUT2D eigenvalue weighted by Crippen LogP contribution is 2.24. The Morgan fingerprint density at radius 1 is 1.53 bits per heavy atom. The molecule has 1 rings (SSSR count). The maximum absolute atomic E-state index is 10.8. The van der Waals surface area contributed by atoms with Crippen molar-refractivity contribution in [3.05, 3.63) is 11.9 Å². The van der Waals surface area contributed by atoms with Gasteiger partial charge in [0.25, 0.3) is 0 Å². The summed E-state index contributed by atoms with van der Waals surface area (Å²) in [6.07, 6.45) is 1.51. The second-order valence-corrected chi connectivity index (χ2v) is 3.44. The largest absolute Gasteiger partial charge is 0.423 e. The van der Waals surface area contributed by atoms with Gasteiger partial charge in [-0.3, -0.25) is 4.79 Å². The van der Waals surface area contributed by atoms with Crippen molar-refractivity contribution in [2.75, 3.05) is 12.4 Å². The van der Waals surface area contributed by atoms with E-state index in [9.17, 15) is 4.79 Å². The Balaban J connectivity index is 3.09. The fourth-order valence-electron chi connectivity index (χ4n) is 1.15. The van der Waals surface area contributed by atoms with E-state index in [4.69, 9.17) is 4.74 Å². The molecule has 0 aliphatic carbocycles. The zero-order valence-electron chi connectivity index (χ0n) is 9.37. The Bertz CT molecular complexity index is 364. The Hall–Kier alpha value is -1.65. The summed E-state index contributed by atoms with van der Waals surface area (Å²) in [7, 11) is 1.74. The minimum atomic E-state index is -0.363. The van der Waals surface area contributed by atoms with Crippen molar-refractivity contribution in [1.82, 2.24) is 9.97 Å². The number of rotatable bonds is 3. The number of nitrogens with one attached hydrogen (secondary N) is 1. The first kappa shape index (κ1) is 11.4. The van der Waals surface area contributed by atoms with Crippen LogP contribution in [-0.2, 0) is 4.79 Å². The van der Waals surface area contributed by atoms with E-state index in [1.54, 1.807) is 7.05 Å². The molecule has 0 unspecified atom stereocenters. The molecule has 1 aromatic heterocycles. The van der Waals surface area contributed by atoms with Crippen molar-refractivity contribution in [3.8, 4) is 5.75 Å². The summed E-state index contributed by atoms with van der Waals surface area (Å²) in [5.74, 6) is 0.762. The average Bonchev–Trinajstić information content (AvgIpc) is 2.17. The predicted molar refractivity (Wildman–Crippen MR) is 57.0 cm³/mol. The van der Waals surface area contributed by atoms with Crippen LogP contribution in [0.3, 0.4) is 0 Å². The molecule has 0 bridgehead atoms. The highest BCUT2D eigenvalue weighted by Gasteiger charge is 2.13. The molecule has 0 radical (unpaired) electrons. The average molecular weight is 209 g/mol. The Labute approximate surface area is 88.9 Å². The minimum Gasteiger partial charge on any atom is -0.423 e. The lowest BCUT2D eigenvalue weighted by molar-refractivity contribution is -0.132. The van der Waals surface area contributed by atoms with Gasteiger partial charge in [0.1, 0.15) is 0 Å². The molecule has 82 valence electrons. The predicted octanol–water partition coefficient (Wildman–Crippen LogP) is 1.57. The van der Waals surface area contributed by atoms with Gasteiger partial charge >= 0.3 is 5.97 Å². The van der Waals surface area contributed by atoms with Crippen molar-refractivity contribution < 1.29 is 9.53 Å². The second-order valence-electron chi connectivity index (χ2n) is 3.44. The standard InChI is InChI=1S/C10H15N3O2/c1-6(2)9-8(15-7(3)14)5-12-10(11-4)13-9/h5-6H,1-4H3,(H,11,12,13). The van der Waals surface area contributed by atoms with Gasteiger partial charge in [0.15, 0.2) is 5.75 Å². The van der Waals surface area contributed by atoms with Crippen molar-refractivity contribution in [2.24, 2.45) is 0 Å². The van der Waals surface area contributed by atoms with Gasteiger partial charge in [-0.2, -0.15) is 0 Å². The third-order valence-electron chi connectivity index (χ3n) is 1.81. The van der Waals surface area contributed by atoms with E-state index < -0.39 is 0 Å². The summed E-state index contributed by atoms with van der Waals surface area (Å²) in [6.45, 7) is 5.32. The first-order valence-corrected chi connectivity index (χ1v) is 4.77. The molecular weight excluding hydrogens is 194 g/mol. The number of carbonyl (C=O) groups excluding carboxylic acids is 1. The molecule has 15 heavy (non-hydrogen) atoms. The molecule has 5 heteroatoms. The number of carbonyl (C=O) groups is 1. The summed E-state index contributed by atoms with van der Waals surface area (Å²) in [6, 6.07) is 0. The van der Waals surface area contributed by atoms with Crippen LogP contribution in [-0.4, -0.2) is 23.0 Å². The van der Waals surface area contributed by atoms with Crippen LogP contribution in [0.2, 0.25) is 0 Å². The molecule has 0 saturated heterocycles. The van der Waals surface area contributed by atoms with E-state index in [0.29, 0.717) is 11.7 Å². The van der Waals surface area contributed by atoms with Crippen molar-refractivity contribution in [2.45, 2.75) is 26.7 Å². The quantitative estimate of drug-likeness (QED) is 0.765. The first-order valence-electron chi connectivity index (χ1n) is 4.77. The molecule has 1 aromatic rings. The maximum atomic E-state index is 10.8. The molecule has 0 aromatic carbocycles. The van der Waals surface area contributed by atoms with Crippen LogP contribution in [0.15, 0.2) is 6.20 Å². The topological polar surface area (TPSA) is 64.1 Å². The number of esters is 1. The smallest absolute Gasteiger partial charge is 0.308 e. The SMILES string of the molecule is CNc1ncc(OC(C)=O)c(C(C)C)n1. The molecular formula is C10H15N3O2. The van der Waals surface area contributed by atoms with Gasteiger partial charge in [-0.1, -0.05) is 13.8 Å². The van der Waals surface area contributed by atoms with Gasteiger partial charge in [-0.25, -0.2) is 9.97 Å².